The van der Waals surface area contributed by atoms with E-state index in [0.29, 0.717) is 11.6 Å². The molecule has 0 unspecified atom stereocenters. The third-order valence-corrected chi connectivity index (χ3v) is 12.8. The zero-order valence-corrected chi connectivity index (χ0v) is 53.5. The van der Waals surface area contributed by atoms with Crippen LogP contribution in [0.25, 0.3) is 67.9 Å². The van der Waals surface area contributed by atoms with E-state index in [2.05, 4.69) is 69.8 Å². The highest BCUT2D eigenvalue weighted by atomic mass is 27.1. The topological polar surface area (TPSA) is 236 Å². The van der Waals surface area contributed by atoms with Crippen LogP contribution in [-0.2, 0) is 0 Å². The Morgan fingerprint density at radius 2 is 0.655 bits per heavy atom. The van der Waals surface area contributed by atoms with Crippen LogP contribution in [0.2, 0.25) is 0 Å². The number of nitrogens with zero attached hydrogens (tertiary/aromatic N) is 14. The molecule has 26 heteroatoms. The summed E-state index contributed by atoms with van der Waals surface area (Å²) in [6.45, 7) is 0. The van der Waals surface area contributed by atoms with Gasteiger partial charge in [0.25, 0.3) is 0 Å². The van der Waals surface area contributed by atoms with E-state index in [4.69, 9.17) is 22.7 Å². The molecule has 0 bridgehead atoms. The third-order valence-electron chi connectivity index (χ3n) is 10.9. The Hall–Kier alpha value is -8.35. The van der Waals surface area contributed by atoms with Crippen molar-refractivity contribution in [3.8, 4) is 103 Å². The second-order valence-corrected chi connectivity index (χ2v) is 17.8. The summed E-state index contributed by atoms with van der Waals surface area (Å²) < 4.78 is 31.3. The number of hydrogen-bond acceptors (Lipinski definition) is 20. The maximum Gasteiger partial charge on any atom is 0.495 e. The molecular formula is C58H46Al6N14O6. The van der Waals surface area contributed by atoms with Crippen molar-refractivity contribution in [2.24, 2.45) is 0 Å². The molecule has 12 aromatic heterocycles. The van der Waals surface area contributed by atoms with Crippen LogP contribution in [0.4, 0.5) is 0 Å². The Kier molecular flexibility index (Phi) is 27.3. The lowest BCUT2D eigenvalue weighted by Crippen LogP contribution is -1.93. The first kappa shape index (κ1) is 63.2. The molecule has 0 aliphatic carbocycles. The van der Waals surface area contributed by atoms with E-state index in [1.165, 1.54) is 106 Å². The molecule has 6 radical (unpaired) electrons. The second kappa shape index (κ2) is 36.3. The van der Waals surface area contributed by atoms with Gasteiger partial charge in [0, 0.05) is 92.3 Å². The van der Waals surface area contributed by atoms with Crippen molar-refractivity contribution >= 4 is 99.7 Å². The molecule has 0 aliphatic rings. The third kappa shape index (κ3) is 19.4. The van der Waals surface area contributed by atoms with Crippen LogP contribution in [0.3, 0.4) is 0 Å². The highest BCUT2D eigenvalue weighted by Gasteiger charge is 2.10. The predicted molar refractivity (Wildman–Crippen MR) is 327 cm³/mol. The molecule has 12 heterocycles. The Bertz CT molecular complexity index is 3160. The predicted octanol–water partition coefficient (Wildman–Crippen LogP) is 6.82. The largest absolute Gasteiger partial charge is 0.650 e. The van der Waals surface area contributed by atoms with Crippen LogP contribution in [0.15, 0.2) is 245 Å². The van der Waals surface area contributed by atoms with Gasteiger partial charge in [0.15, 0.2) is 5.88 Å². The second-order valence-electron chi connectivity index (χ2n) is 16.1. The highest BCUT2D eigenvalue weighted by Crippen LogP contribution is 2.30. The minimum absolute atomic E-state index is 0.615. The maximum atomic E-state index is 5.25. The van der Waals surface area contributed by atoms with Crippen molar-refractivity contribution in [3.05, 3.63) is 245 Å². The summed E-state index contributed by atoms with van der Waals surface area (Å²) in [6.07, 6.45) is 28.8. The molecular weight excluding hydrogens is 1150 g/mol. The van der Waals surface area contributed by atoms with Crippen LogP contribution in [0.5, 0.6) is 34.6 Å². The van der Waals surface area contributed by atoms with Crippen LogP contribution < -0.4 is 22.7 Å². The van der Waals surface area contributed by atoms with E-state index < -0.39 is 0 Å². The van der Waals surface area contributed by atoms with Crippen molar-refractivity contribution < 1.29 is 22.7 Å². The number of pyridine rings is 10. The molecule has 0 atom stereocenters. The van der Waals surface area contributed by atoms with Crippen molar-refractivity contribution in [2.75, 3.05) is 0 Å². The molecule has 20 nitrogen and oxygen atoms in total. The lowest BCUT2D eigenvalue weighted by molar-refractivity contribution is 0.590. The molecule has 0 fully saturated rings. The van der Waals surface area contributed by atoms with Gasteiger partial charge in [0.05, 0.1) is 57.7 Å². The molecule has 402 valence electrons. The van der Waals surface area contributed by atoms with Crippen molar-refractivity contribution in [2.45, 2.75) is 0 Å². The SMILES string of the molecule is [AlH][O]c1cccnc1-c1ccccn1.[AlH][O]c1cccnc1-c1ccncn1.[AlH][O]c1cccnc1-c1cnccn1.[AlH][O]c1ccncc1-c1ccccn1.[AlH][O]c1cnccc1-c1ccccn1.[AlH][O]c1ncccc1-c1ccccn1. The van der Waals surface area contributed by atoms with E-state index in [1.807, 2.05) is 133 Å². The first-order valence-corrected chi connectivity index (χ1v) is 28.3. The van der Waals surface area contributed by atoms with Crippen molar-refractivity contribution in [1.29, 1.82) is 0 Å². The Morgan fingerprint density at radius 3 is 1.14 bits per heavy atom. The standard InChI is InChI=1S/4C10H8N2O.2C9H7N3O.6Al.6H/c13-10-8(4-3-7-12-10)9-5-1-2-6-11-9;13-9-5-3-7-12-10(9)8-4-1-2-6-11-8;13-10-4-6-11-7-8(10)9-3-1-2-5-12-9;13-10-7-11-6-4-8(10)9-3-1-2-5-12-9;13-8-2-1-4-11-9(8)7-3-5-10-6-12-7;13-8-2-1-3-12-9(8)7-6-10-4-5-11-7;;;;;;;;;;;;/h1-7H,(H,12,13);1-7,13H;1-7H,(H,11,13);1-7,13H;2*1-6,13H;;;;;;;;;;;;/q;;;;;;6*+1;;;;;;/p-6. The summed E-state index contributed by atoms with van der Waals surface area (Å²) in [4.78, 5) is 57.9. The lowest BCUT2D eigenvalue weighted by atomic mass is 10.1. The minimum Gasteiger partial charge on any atom is -0.650 e. The van der Waals surface area contributed by atoms with E-state index >= 15 is 0 Å². The number of hydrogen-bond donors (Lipinski definition) is 0. The summed E-state index contributed by atoms with van der Waals surface area (Å²) in [7, 11) is 0. The summed E-state index contributed by atoms with van der Waals surface area (Å²) in [5.41, 5.74) is 10.0. The van der Waals surface area contributed by atoms with Gasteiger partial charge >= 0.3 is 99.7 Å². The first-order chi connectivity index (χ1) is 41.5. The van der Waals surface area contributed by atoms with E-state index in [-0.39, 0.29) is 0 Å². The van der Waals surface area contributed by atoms with Crippen LogP contribution in [0, 0.1) is 0 Å². The smallest absolute Gasteiger partial charge is 0.495 e. The van der Waals surface area contributed by atoms with Gasteiger partial charge in [-0.2, -0.15) is 0 Å². The summed E-state index contributed by atoms with van der Waals surface area (Å²) in [5, 5.41) is 0. The van der Waals surface area contributed by atoms with Gasteiger partial charge in [-0.25, -0.2) is 15.0 Å². The quantitative estimate of drug-likeness (QED) is 0.114. The lowest BCUT2D eigenvalue weighted by Gasteiger charge is -2.07. The summed E-state index contributed by atoms with van der Waals surface area (Å²) in [6, 6.07) is 43.4. The molecule has 0 N–H and O–H groups in total. The Labute approximate surface area is 535 Å². The minimum atomic E-state index is 0.615. The van der Waals surface area contributed by atoms with E-state index in [1.54, 1.807) is 105 Å². The van der Waals surface area contributed by atoms with Gasteiger partial charge in [0.1, 0.15) is 52.1 Å². The number of rotatable bonds is 12. The maximum absolute atomic E-state index is 5.25. The zero-order valence-electron chi connectivity index (χ0n) is 45.0. The van der Waals surface area contributed by atoms with Crippen LogP contribution in [-0.4, -0.2) is 170 Å². The van der Waals surface area contributed by atoms with Gasteiger partial charge in [-0.15, -0.1) is 0 Å². The molecule has 84 heavy (non-hydrogen) atoms. The fourth-order valence-corrected chi connectivity index (χ4v) is 8.54. The molecule has 0 saturated heterocycles. The molecule has 12 rings (SSSR count). The Balaban J connectivity index is 0.000000145. The monoisotopic (exact) mass is 1200 g/mol. The Morgan fingerprint density at radius 1 is 0.226 bits per heavy atom. The van der Waals surface area contributed by atoms with Crippen LogP contribution in [0.1, 0.15) is 0 Å². The summed E-state index contributed by atoms with van der Waals surface area (Å²) in [5.74, 6) is 4.37. The van der Waals surface area contributed by atoms with Gasteiger partial charge < -0.3 is 22.7 Å². The normalized spacial score (nSPS) is 9.71. The zero-order chi connectivity index (χ0) is 58.8. The molecule has 0 aromatic carbocycles. The fourth-order valence-electron chi connectivity index (χ4n) is 7.13. The average Bonchev–Trinajstić information content (AvgIpc) is 3.71. The first-order valence-electron chi connectivity index (χ1n) is 24.9. The molecule has 0 spiro atoms. The summed E-state index contributed by atoms with van der Waals surface area (Å²) >= 11 is 8.56. The molecule has 0 saturated carbocycles. The fraction of sp³-hybridized carbons (Fsp3) is 0. The highest BCUT2D eigenvalue weighted by molar-refractivity contribution is 6.02. The average molecular weight is 1200 g/mol. The van der Waals surface area contributed by atoms with Gasteiger partial charge in [-0.05, 0) is 115 Å². The van der Waals surface area contributed by atoms with Gasteiger partial charge in [-0.3, -0.25) is 54.8 Å². The van der Waals surface area contributed by atoms with E-state index in [0.717, 1.165) is 90.9 Å². The van der Waals surface area contributed by atoms with Gasteiger partial charge in [-0.1, -0.05) is 24.3 Å². The molecule has 12 aromatic rings. The van der Waals surface area contributed by atoms with Gasteiger partial charge in [0.2, 0.25) is 0 Å². The van der Waals surface area contributed by atoms with E-state index in [9.17, 15) is 0 Å². The van der Waals surface area contributed by atoms with Crippen molar-refractivity contribution in [3.63, 3.8) is 0 Å². The van der Waals surface area contributed by atoms with Crippen molar-refractivity contribution in [1.82, 2.24) is 69.8 Å². The van der Waals surface area contributed by atoms with Crippen LogP contribution >= 0.6 is 0 Å². The number of aromatic nitrogens is 14. The molecule has 0 aliphatic heterocycles. The molecule has 0 amide bonds.